The number of halogens is 4. The Morgan fingerprint density at radius 1 is 1.25 bits per heavy atom. The fraction of sp³-hybridized carbons (Fsp3) is 0.176. The van der Waals surface area contributed by atoms with Crippen LogP contribution < -0.4 is 11.2 Å². The third kappa shape index (κ3) is 3.57. The summed E-state index contributed by atoms with van der Waals surface area (Å²) in [7, 11) is 0. The summed E-state index contributed by atoms with van der Waals surface area (Å²) in [5.41, 5.74) is -5.28. The van der Waals surface area contributed by atoms with Crippen LogP contribution in [0, 0.1) is 0 Å². The van der Waals surface area contributed by atoms with Gasteiger partial charge in [-0.1, -0.05) is 28.1 Å². The highest BCUT2D eigenvalue weighted by Crippen LogP contribution is 2.39. The van der Waals surface area contributed by atoms with Gasteiger partial charge in [0.05, 0.1) is 17.6 Å². The number of nitrogens with zero attached hydrogens (tertiary/aromatic N) is 1. The number of nitrogens with one attached hydrogen (secondary N) is 2. The third-order valence-corrected chi connectivity index (χ3v) is 4.24. The van der Waals surface area contributed by atoms with Crippen LogP contribution in [0.2, 0.25) is 0 Å². The first kappa shape index (κ1) is 19.8. The summed E-state index contributed by atoms with van der Waals surface area (Å²) in [5, 5.41) is -0.367. The van der Waals surface area contributed by atoms with E-state index in [2.05, 4.69) is 25.9 Å². The van der Waals surface area contributed by atoms with Crippen molar-refractivity contribution in [1.82, 2.24) is 15.0 Å². The monoisotopic (exact) mass is 457 g/mol. The number of carbonyl (C=O) groups excluding carboxylic acids is 1. The molecule has 2 heterocycles. The number of aromatic nitrogens is 3. The molecule has 0 fully saturated rings. The molecule has 11 heteroatoms. The van der Waals surface area contributed by atoms with E-state index < -0.39 is 40.3 Å². The van der Waals surface area contributed by atoms with Crippen molar-refractivity contribution in [2.24, 2.45) is 0 Å². The van der Waals surface area contributed by atoms with Crippen LogP contribution in [-0.4, -0.2) is 27.5 Å². The lowest BCUT2D eigenvalue weighted by molar-refractivity contribution is -0.141. The van der Waals surface area contributed by atoms with Crippen LogP contribution in [0.5, 0.6) is 0 Å². The zero-order valence-electron chi connectivity index (χ0n) is 14.1. The van der Waals surface area contributed by atoms with E-state index >= 15 is 0 Å². The maximum atomic E-state index is 13.7. The van der Waals surface area contributed by atoms with Crippen LogP contribution in [0.3, 0.4) is 0 Å². The normalized spacial score (nSPS) is 11.6. The molecule has 0 aliphatic carbocycles. The highest BCUT2D eigenvalue weighted by atomic mass is 79.9. The second-order valence-corrected chi connectivity index (χ2v) is 6.49. The Hall–Kier alpha value is -2.95. The van der Waals surface area contributed by atoms with E-state index in [1.165, 1.54) is 25.1 Å². The van der Waals surface area contributed by atoms with Gasteiger partial charge in [-0.2, -0.15) is 13.2 Å². The average Bonchev–Trinajstić information content (AvgIpc) is 2.59. The quantitative estimate of drug-likeness (QED) is 0.587. The van der Waals surface area contributed by atoms with E-state index in [4.69, 9.17) is 4.74 Å². The van der Waals surface area contributed by atoms with E-state index in [1.807, 2.05) is 4.98 Å². The molecule has 3 rings (SSSR count). The van der Waals surface area contributed by atoms with Gasteiger partial charge in [-0.15, -0.1) is 0 Å². The summed E-state index contributed by atoms with van der Waals surface area (Å²) in [6.07, 6.45) is -5.05. The molecule has 0 atom stereocenters. The van der Waals surface area contributed by atoms with Crippen LogP contribution in [0.1, 0.15) is 23.0 Å². The molecule has 2 N–H and O–H groups in total. The molecule has 2 aromatic heterocycles. The van der Waals surface area contributed by atoms with E-state index in [0.29, 0.717) is 4.47 Å². The fourth-order valence-electron chi connectivity index (χ4n) is 2.74. The zero-order valence-corrected chi connectivity index (χ0v) is 15.7. The summed E-state index contributed by atoms with van der Waals surface area (Å²) in [5.74, 6) is -1.29. The van der Waals surface area contributed by atoms with Crippen LogP contribution >= 0.6 is 15.9 Å². The minimum Gasteiger partial charge on any atom is -0.462 e. The Morgan fingerprint density at radius 2 is 1.96 bits per heavy atom. The molecule has 0 bridgehead atoms. The molecular weight excluding hydrogens is 447 g/mol. The van der Waals surface area contributed by atoms with Crippen molar-refractivity contribution in [2.45, 2.75) is 13.1 Å². The first-order chi connectivity index (χ1) is 13.1. The van der Waals surface area contributed by atoms with Crippen LogP contribution in [0.4, 0.5) is 13.2 Å². The van der Waals surface area contributed by atoms with Crippen molar-refractivity contribution in [3.8, 4) is 11.1 Å². The lowest BCUT2D eigenvalue weighted by Crippen LogP contribution is -2.26. The molecule has 3 aromatic rings. The summed E-state index contributed by atoms with van der Waals surface area (Å²) in [4.78, 5) is 43.8. The summed E-state index contributed by atoms with van der Waals surface area (Å²) in [6.45, 7) is 1.25. The van der Waals surface area contributed by atoms with Gasteiger partial charge in [0.1, 0.15) is 5.65 Å². The van der Waals surface area contributed by atoms with Crippen LogP contribution in [0.25, 0.3) is 22.2 Å². The first-order valence-electron chi connectivity index (χ1n) is 7.84. The Bertz CT molecular complexity index is 1200. The molecule has 7 nitrogen and oxygen atoms in total. The largest absolute Gasteiger partial charge is 0.462 e. The number of ether oxygens (including phenoxy) is 1. The molecule has 0 saturated carbocycles. The van der Waals surface area contributed by atoms with Gasteiger partial charge >= 0.3 is 17.8 Å². The Kier molecular flexibility index (Phi) is 5.11. The van der Waals surface area contributed by atoms with E-state index in [-0.39, 0.29) is 23.1 Å². The Labute approximate surface area is 162 Å². The Morgan fingerprint density at radius 3 is 2.57 bits per heavy atom. The maximum Gasteiger partial charge on any atom is 0.434 e. The number of fused-ring (bicyclic) bond motifs is 1. The third-order valence-electron chi connectivity index (χ3n) is 3.74. The topological polar surface area (TPSA) is 105 Å². The molecule has 0 radical (unpaired) electrons. The van der Waals surface area contributed by atoms with Gasteiger partial charge < -0.3 is 4.74 Å². The molecule has 0 unspecified atom stereocenters. The molecule has 0 amide bonds. The fourth-order valence-corrected chi connectivity index (χ4v) is 3.14. The molecule has 0 spiro atoms. The number of benzene rings is 1. The summed E-state index contributed by atoms with van der Waals surface area (Å²) < 4.78 is 46.4. The average molecular weight is 458 g/mol. The number of hydrogen-bond acceptors (Lipinski definition) is 5. The van der Waals surface area contributed by atoms with Crippen molar-refractivity contribution >= 4 is 32.9 Å². The van der Waals surface area contributed by atoms with Gasteiger partial charge in [-0.3, -0.25) is 14.8 Å². The molecule has 28 heavy (non-hydrogen) atoms. The standard InChI is InChI=1S/C17H11BrF3N3O4/c1-2-28-15(26)10-9(7-4-3-5-8(18)6-7)11-13(22-12(10)17(19,20)21)23-16(27)24-14(11)25/h3-6H,2H2,1H3,(H2,22,23,24,25,27). The van der Waals surface area contributed by atoms with Gasteiger partial charge in [0.15, 0.2) is 5.69 Å². The van der Waals surface area contributed by atoms with Crippen molar-refractivity contribution in [2.75, 3.05) is 6.61 Å². The number of H-pyrrole nitrogens is 2. The summed E-state index contributed by atoms with van der Waals surface area (Å²) >= 11 is 3.21. The maximum absolute atomic E-state index is 13.7. The van der Waals surface area contributed by atoms with Crippen molar-refractivity contribution in [3.05, 3.63) is 60.8 Å². The minimum atomic E-state index is -5.05. The van der Waals surface area contributed by atoms with Crippen LogP contribution in [0.15, 0.2) is 38.3 Å². The van der Waals surface area contributed by atoms with Gasteiger partial charge in [-0.05, 0) is 24.6 Å². The highest BCUT2D eigenvalue weighted by Gasteiger charge is 2.41. The molecular formula is C17H11BrF3N3O4. The SMILES string of the molecule is CCOC(=O)c1c(C(F)(F)F)nc2[nH]c(=O)[nH]c(=O)c2c1-c1cccc(Br)c1. The smallest absolute Gasteiger partial charge is 0.434 e. The summed E-state index contributed by atoms with van der Waals surface area (Å²) in [6, 6.07) is 6.00. The van der Waals surface area contributed by atoms with Crippen molar-refractivity contribution in [1.29, 1.82) is 0 Å². The lowest BCUT2D eigenvalue weighted by Gasteiger charge is -2.17. The molecule has 0 saturated heterocycles. The van der Waals surface area contributed by atoms with E-state index in [1.54, 1.807) is 6.07 Å². The van der Waals surface area contributed by atoms with Crippen molar-refractivity contribution < 1.29 is 22.7 Å². The molecule has 0 aliphatic heterocycles. The number of aromatic amines is 2. The number of rotatable bonds is 3. The number of pyridine rings is 1. The van der Waals surface area contributed by atoms with E-state index in [9.17, 15) is 27.6 Å². The minimum absolute atomic E-state index is 0.132. The predicted octanol–water partition coefficient (Wildman–Crippen LogP) is 3.24. The van der Waals surface area contributed by atoms with Gasteiger partial charge in [0.25, 0.3) is 5.56 Å². The lowest BCUT2D eigenvalue weighted by atomic mass is 9.95. The molecule has 146 valence electrons. The number of esters is 1. The number of alkyl halides is 3. The highest BCUT2D eigenvalue weighted by molar-refractivity contribution is 9.10. The second kappa shape index (κ2) is 7.23. The van der Waals surface area contributed by atoms with Crippen molar-refractivity contribution in [3.63, 3.8) is 0 Å². The number of carbonyl (C=O) groups is 1. The van der Waals surface area contributed by atoms with Gasteiger partial charge in [-0.25, -0.2) is 14.6 Å². The molecule has 1 aromatic carbocycles. The van der Waals surface area contributed by atoms with E-state index in [0.717, 1.165) is 0 Å². The molecule has 0 aliphatic rings. The predicted molar refractivity (Wildman–Crippen MR) is 97.1 cm³/mol. The van der Waals surface area contributed by atoms with Gasteiger partial charge in [0.2, 0.25) is 0 Å². The van der Waals surface area contributed by atoms with Crippen LogP contribution in [-0.2, 0) is 10.9 Å². The Balaban J connectivity index is 2.61. The zero-order chi connectivity index (χ0) is 20.6. The first-order valence-corrected chi connectivity index (χ1v) is 8.63. The second-order valence-electron chi connectivity index (χ2n) is 5.57. The van der Waals surface area contributed by atoms with Gasteiger partial charge in [0, 0.05) is 10.0 Å². The number of hydrogen-bond donors (Lipinski definition) is 2.